The lowest BCUT2D eigenvalue weighted by Crippen LogP contribution is -2.54. The molecule has 0 unspecified atom stereocenters. The molecule has 2 atom stereocenters. The number of nitrogens with zero attached hydrogens (tertiary/aromatic N) is 2. The van der Waals surface area contributed by atoms with Gasteiger partial charge in [-0.3, -0.25) is 13.9 Å². The van der Waals surface area contributed by atoms with Crippen LogP contribution < -0.4 is 19.1 Å². The molecule has 4 rings (SSSR count). The highest BCUT2D eigenvalue weighted by Gasteiger charge is 2.35. The molecular formula is C36H39BrFN3O6S. The number of benzene rings is 4. The number of sulfonamides is 1. The number of carbonyl (C=O) groups excluding carboxylic acids is 2. The summed E-state index contributed by atoms with van der Waals surface area (Å²) in [6.45, 7) is 3.15. The predicted molar refractivity (Wildman–Crippen MR) is 187 cm³/mol. The van der Waals surface area contributed by atoms with E-state index in [0.717, 1.165) is 32.0 Å². The lowest BCUT2D eigenvalue weighted by atomic mass is 10.0. The topological polar surface area (TPSA) is 105 Å². The fraction of sp³-hybridized carbons (Fsp3) is 0.278. The zero-order chi connectivity index (χ0) is 34.8. The van der Waals surface area contributed by atoms with Crippen molar-refractivity contribution in [1.82, 2.24) is 10.2 Å². The number of hydrogen-bond acceptors (Lipinski definition) is 6. The fourth-order valence-corrected chi connectivity index (χ4v) is 6.94. The van der Waals surface area contributed by atoms with E-state index < -0.39 is 34.3 Å². The Hall–Kier alpha value is -4.42. The average molecular weight is 741 g/mol. The van der Waals surface area contributed by atoms with Crippen molar-refractivity contribution in [3.05, 3.63) is 118 Å². The van der Waals surface area contributed by atoms with Crippen LogP contribution in [0.15, 0.2) is 106 Å². The molecule has 48 heavy (non-hydrogen) atoms. The highest BCUT2D eigenvalue weighted by Crippen LogP contribution is 2.32. The predicted octanol–water partition coefficient (Wildman–Crippen LogP) is 6.36. The third-order valence-electron chi connectivity index (χ3n) is 7.85. The van der Waals surface area contributed by atoms with E-state index in [4.69, 9.17) is 9.47 Å². The summed E-state index contributed by atoms with van der Waals surface area (Å²) in [5.74, 6) is -1.09. The van der Waals surface area contributed by atoms with Crippen LogP contribution in [0.3, 0.4) is 0 Å². The van der Waals surface area contributed by atoms with Crippen molar-refractivity contribution in [2.24, 2.45) is 0 Å². The zero-order valence-electron chi connectivity index (χ0n) is 27.2. The summed E-state index contributed by atoms with van der Waals surface area (Å²) in [4.78, 5) is 29.8. The molecule has 0 heterocycles. The lowest BCUT2D eigenvalue weighted by Gasteiger charge is -2.34. The van der Waals surface area contributed by atoms with E-state index in [-0.39, 0.29) is 41.2 Å². The number of halogens is 2. The van der Waals surface area contributed by atoms with Gasteiger partial charge in [-0.25, -0.2) is 12.8 Å². The quantitative estimate of drug-likeness (QED) is 0.152. The molecule has 0 aliphatic rings. The Morgan fingerprint density at radius 1 is 0.875 bits per heavy atom. The Labute approximate surface area is 289 Å². The summed E-state index contributed by atoms with van der Waals surface area (Å²) in [5, 5.41) is 3.01. The van der Waals surface area contributed by atoms with E-state index in [1.807, 2.05) is 68.4 Å². The second kappa shape index (κ2) is 16.6. The van der Waals surface area contributed by atoms with Crippen molar-refractivity contribution in [2.75, 3.05) is 25.1 Å². The Kier molecular flexibility index (Phi) is 12.6. The van der Waals surface area contributed by atoms with Gasteiger partial charge in [-0.15, -0.1) is 0 Å². The maximum absolute atomic E-state index is 14.6. The van der Waals surface area contributed by atoms with E-state index in [2.05, 4.69) is 21.2 Å². The maximum atomic E-state index is 14.6. The Morgan fingerprint density at radius 2 is 1.54 bits per heavy atom. The summed E-state index contributed by atoms with van der Waals surface area (Å²) in [5.41, 5.74) is 1.61. The monoisotopic (exact) mass is 739 g/mol. The summed E-state index contributed by atoms with van der Waals surface area (Å²) in [7, 11) is -1.63. The molecular weight excluding hydrogens is 701 g/mol. The summed E-state index contributed by atoms with van der Waals surface area (Å²) in [6, 6.07) is 24.4. The van der Waals surface area contributed by atoms with E-state index >= 15 is 0 Å². The lowest BCUT2D eigenvalue weighted by molar-refractivity contribution is -0.140. The van der Waals surface area contributed by atoms with Crippen molar-refractivity contribution < 1.29 is 31.9 Å². The minimum absolute atomic E-state index is 0.0113. The first-order chi connectivity index (χ1) is 23.0. The highest BCUT2D eigenvalue weighted by molar-refractivity contribution is 9.10. The molecule has 4 aromatic rings. The van der Waals surface area contributed by atoms with Crippen LogP contribution in [0.4, 0.5) is 10.1 Å². The molecule has 0 bridgehead atoms. The van der Waals surface area contributed by atoms with Gasteiger partial charge in [0.25, 0.3) is 10.0 Å². The van der Waals surface area contributed by atoms with Crippen molar-refractivity contribution >= 4 is 43.5 Å². The van der Waals surface area contributed by atoms with Gasteiger partial charge in [0.15, 0.2) is 11.5 Å². The molecule has 0 saturated carbocycles. The first-order valence-electron chi connectivity index (χ1n) is 15.3. The molecule has 0 saturated heterocycles. The van der Waals surface area contributed by atoms with Gasteiger partial charge in [-0.2, -0.15) is 0 Å². The van der Waals surface area contributed by atoms with Gasteiger partial charge in [0.05, 0.1) is 24.8 Å². The van der Waals surface area contributed by atoms with Crippen molar-refractivity contribution in [3.63, 3.8) is 0 Å². The van der Waals surface area contributed by atoms with Crippen LogP contribution in [0.1, 0.15) is 31.4 Å². The summed E-state index contributed by atoms with van der Waals surface area (Å²) < 4.78 is 55.0. The van der Waals surface area contributed by atoms with Crippen molar-refractivity contribution in [3.8, 4) is 11.5 Å². The Balaban J connectivity index is 1.83. The minimum Gasteiger partial charge on any atom is -0.493 e. The highest BCUT2D eigenvalue weighted by atomic mass is 79.9. The van der Waals surface area contributed by atoms with Gasteiger partial charge in [-0.1, -0.05) is 65.3 Å². The second-order valence-corrected chi connectivity index (χ2v) is 14.0. The van der Waals surface area contributed by atoms with Crippen LogP contribution in [0.2, 0.25) is 0 Å². The number of carbonyl (C=O) groups is 2. The first-order valence-corrected chi connectivity index (χ1v) is 17.6. The standard InChI is InChI=1S/C36H39BrFN3O6S/c1-5-25(2)39-36(43)32(21-26-10-7-6-8-11-26)40(23-27-12-9-13-28(37)20-27)35(42)24-41(30-16-14-29(38)15-17-30)48(44,45)31-18-19-33(46-3)34(22-31)47-4/h6-20,22,25,32H,5,21,23-24H2,1-4H3,(H,39,43)/t25-,32-/m0/s1. The molecule has 2 amide bonds. The van der Waals surface area contributed by atoms with Crippen LogP contribution >= 0.6 is 15.9 Å². The molecule has 0 aliphatic heterocycles. The minimum atomic E-state index is -4.44. The first kappa shape index (κ1) is 36.4. The molecule has 1 N–H and O–H groups in total. The summed E-state index contributed by atoms with van der Waals surface area (Å²) in [6.07, 6.45) is 0.854. The van der Waals surface area contributed by atoms with Gasteiger partial charge in [0.1, 0.15) is 18.4 Å². The molecule has 0 radical (unpaired) electrons. The maximum Gasteiger partial charge on any atom is 0.264 e. The fourth-order valence-electron chi connectivity index (χ4n) is 5.07. The number of methoxy groups -OCH3 is 2. The number of rotatable bonds is 15. The Morgan fingerprint density at radius 3 is 2.17 bits per heavy atom. The van der Waals surface area contributed by atoms with E-state index in [0.29, 0.717) is 12.2 Å². The SMILES string of the molecule is CC[C@H](C)NC(=O)[C@H](Cc1ccccc1)N(Cc1cccc(Br)c1)C(=O)CN(c1ccc(F)cc1)S(=O)(=O)c1ccc(OC)c(OC)c1. The van der Waals surface area contributed by atoms with E-state index in [9.17, 15) is 22.4 Å². The van der Waals surface area contributed by atoms with Crippen LogP contribution in [-0.2, 0) is 32.6 Å². The third-order valence-corrected chi connectivity index (χ3v) is 10.1. The Bertz CT molecular complexity index is 1810. The molecule has 0 spiro atoms. The number of hydrogen-bond donors (Lipinski definition) is 1. The van der Waals surface area contributed by atoms with Gasteiger partial charge in [-0.05, 0) is 73.0 Å². The van der Waals surface area contributed by atoms with Crippen LogP contribution in [-0.4, -0.2) is 58.0 Å². The van der Waals surface area contributed by atoms with Gasteiger partial charge >= 0.3 is 0 Å². The van der Waals surface area contributed by atoms with Crippen LogP contribution in [0.25, 0.3) is 0 Å². The van der Waals surface area contributed by atoms with Crippen LogP contribution in [0, 0.1) is 5.82 Å². The van der Waals surface area contributed by atoms with Crippen molar-refractivity contribution in [2.45, 2.75) is 50.2 Å². The van der Waals surface area contributed by atoms with Gasteiger partial charge < -0.3 is 19.7 Å². The third kappa shape index (κ3) is 9.13. The van der Waals surface area contributed by atoms with Crippen LogP contribution in [0.5, 0.6) is 11.5 Å². The van der Waals surface area contributed by atoms with E-state index in [1.54, 1.807) is 0 Å². The number of amides is 2. The number of ether oxygens (including phenoxy) is 2. The normalized spacial score (nSPS) is 12.5. The largest absolute Gasteiger partial charge is 0.493 e. The molecule has 9 nitrogen and oxygen atoms in total. The molecule has 12 heteroatoms. The molecule has 0 aliphatic carbocycles. The summed E-state index contributed by atoms with van der Waals surface area (Å²) >= 11 is 3.48. The van der Waals surface area contributed by atoms with E-state index in [1.165, 1.54) is 49.5 Å². The molecule has 0 fully saturated rings. The number of nitrogens with one attached hydrogen (secondary N) is 1. The van der Waals surface area contributed by atoms with Gasteiger partial charge in [0, 0.05) is 29.5 Å². The molecule has 4 aromatic carbocycles. The van der Waals surface area contributed by atoms with Crippen molar-refractivity contribution in [1.29, 1.82) is 0 Å². The molecule has 254 valence electrons. The average Bonchev–Trinajstić information content (AvgIpc) is 3.09. The number of anilines is 1. The van der Waals surface area contributed by atoms with Gasteiger partial charge in [0.2, 0.25) is 11.8 Å². The molecule has 0 aromatic heterocycles. The second-order valence-electron chi connectivity index (χ2n) is 11.2. The zero-order valence-corrected chi connectivity index (χ0v) is 29.6. The smallest absolute Gasteiger partial charge is 0.264 e.